The maximum Gasteiger partial charge on any atom is 0.238 e. The van der Waals surface area contributed by atoms with Gasteiger partial charge in [0.25, 0.3) is 0 Å². The molecule has 0 radical (unpaired) electrons. The Morgan fingerprint density at radius 2 is 1.75 bits per heavy atom. The largest absolute Gasteiger partial charge is 0.396 e. The Bertz CT molecular complexity index is 128. The molecule has 0 spiro atoms. The molecule has 1 N–H and O–H groups in total. The van der Waals surface area contributed by atoms with Crippen molar-refractivity contribution in [2.75, 3.05) is 6.61 Å². The van der Waals surface area contributed by atoms with Crippen LogP contribution in [0.1, 0.15) is 32.1 Å². The van der Waals surface area contributed by atoms with Gasteiger partial charge in [-0.3, -0.25) is 0 Å². The van der Waals surface area contributed by atoms with E-state index in [2.05, 4.69) is 0 Å². The molecule has 1 saturated carbocycles. The van der Waals surface area contributed by atoms with Crippen LogP contribution in [0.15, 0.2) is 0 Å². The Balaban J connectivity index is 2.36. The number of hydrogen-bond donors (Lipinski definition) is 1. The van der Waals surface area contributed by atoms with Gasteiger partial charge in [-0.2, -0.15) is 0 Å². The molecule has 12 heavy (non-hydrogen) atoms. The Kier molecular flexibility index (Phi) is 3.92. The van der Waals surface area contributed by atoms with Crippen molar-refractivity contribution in [3.05, 3.63) is 0 Å². The first-order valence-corrected chi connectivity index (χ1v) is 4.63. The Morgan fingerprint density at radius 1 is 1.17 bits per heavy atom. The molecule has 0 amide bonds. The third kappa shape index (κ3) is 2.70. The van der Waals surface area contributed by atoms with Crippen LogP contribution >= 0.6 is 0 Å². The zero-order valence-corrected chi connectivity index (χ0v) is 7.18. The van der Waals surface area contributed by atoms with E-state index in [-0.39, 0.29) is 24.9 Å². The van der Waals surface area contributed by atoms with E-state index >= 15 is 0 Å². The maximum atomic E-state index is 12.0. The number of halogens is 2. The normalized spacial score (nSPS) is 31.0. The molecule has 2 unspecified atom stereocenters. The molecule has 3 heteroatoms. The minimum atomic E-state index is -2.21. The minimum absolute atomic E-state index is 0.0226. The van der Waals surface area contributed by atoms with Crippen molar-refractivity contribution in [2.45, 2.75) is 38.5 Å². The van der Waals surface area contributed by atoms with E-state index in [1.165, 1.54) is 0 Å². The molecule has 2 atom stereocenters. The lowest BCUT2D eigenvalue weighted by molar-refractivity contribution is 0.0604. The smallest absolute Gasteiger partial charge is 0.238 e. The number of aliphatic hydroxyl groups is 1. The van der Waals surface area contributed by atoms with Crippen LogP contribution < -0.4 is 0 Å². The highest BCUT2D eigenvalue weighted by atomic mass is 19.3. The number of hydrogen-bond acceptors (Lipinski definition) is 1. The molecule has 0 saturated heterocycles. The molecule has 1 aliphatic carbocycles. The van der Waals surface area contributed by atoms with Gasteiger partial charge in [-0.25, -0.2) is 8.78 Å². The summed E-state index contributed by atoms with van der Waals surface area (Å²) in [6, 6.07) is 0. The third-order valence-corrected chi connectivity index (χ3v) is 2.78. The molecule has 1 aliphatic rings. The molecule has 1 nitrogen and oxygen atoms in total. The zero-order valence-electron chi connectivity index (χ0n) is 7.18. The second-order valence-electron chi connectivity index (χ2n) is 3.61. The molecule has 0 aromatic rings. The third-order valence-electron chi connectivity index (χ3n) is 2.78. The average molecular weight is 178 g/mol. The number of rotatable bonds is 3. The lowest BCUT2D eigenvalue weighted by Crippen LogP contribution is -2.24. The lowest BCUT2D eigenvalue weighted by Gasteiger charge is -2.29. The van der Waals surface area contributed by atoms with Crippen LogP contribution in [0.3, 0.4) is 0 Å². The summed E-state index contributed by atoms with van der Waals surface area (Å²) in [5, 5.41) is 8.93. The first-order valence-electron chi connectivity index (χ1n) is 4.63. The average Bonchev–Trinajstić information content (AvgIpc) is 2.04. The lowest BCUT2D eigenvalue weighted by atomic mass is 9.78. The maximum absolute atomic E-state index is 12.0. The summed E-state index contributed by atoms with van der Waals surface area (Å²) in [6.07, 6.45) is 1.70. The fourth-order valence-electron chi connectivity index (χ4n) is 2.06. The van der Waals surface area contributed by atoms with Crippen LogP contribution in [0.2, 0.25) is 0 Å². The highest BCUT2D eigenvalue weighted by molar-refractivity contribution is 4.75. The summed E-state index contributed by atoms with van der Waals surface area (Å²) in [5.41, 5.74) is 0. The van der Waals surface area contributed by atoms with Crippen LogP contribution in [0.4, 0.5) is 8.78 Å². The van der Waals surface area contributed by atoms with E-state index in [4.69, 9.17) is 5.11 Å². The molecule has 0 aromatic heterocycles. The number of aliphatic hydroxyl groups excluding tert-OH is 1. The first-order chi connectivity index (χ1) is 5.74. The van der Waals surface area contributed by atoms with Gasteiger partial charge >= 0.3 is 0 Å². The summed E-state index contributed by atoms with van der Waals surface area (Å²) in [4.78, 5) is 0. The van der Waals surface area contributed by atoms with Crippen LogP contribution in [-0.4, -0.2) is 18.1 Å². The van der Waals surface area contributed by atoms with Gasteiger partial charge in [-0.05, 0) is 24.7 Å². The molecule has 0 bridgehead atoms. The molecular weight excluding hydrogens is 162 g/mol. The van der Waals surface area contributed by atoms with Crippen LogP contribution in [0, 0.1) is 11.8 Å². The summed E-state index contributed by atoms with van der Waals surface area (Å²) >= 11 is 0. The van der Waals surface area contributed by atoms with Crippen molar-refractivity contribution < 1.29 is 13.9 Å². The quantitative estimate of drug-likeness (QED) is 0.703. The van der Waals surface area contributed by atoms with Gasteiger partial charge in [0, 0.05) is 13.0 Å². The highest BCUT2D eigenvalue weighted by Crippen LogP contribution is 2.33. The van der Waals surface area contributed by atoms with Crippen molar-refractivity contribution in [1.82, 2.24) is 0 Å². The fourth-order valence-corrected chi connectivity index (χ4v) is 2.06. The molecule has 0 heterocycles. The predicted octanol–water partition coefficient (Wildman–Crippen LogP) is 2.44. The van der Waals surface area contributed by atoms with Gasteiger partial charge in [0.2, 0.25) is 6.43 Å². The van der Waals surface area contributed by atoms with Gasteiger partial charge in [-0.1, -0.05) is 12.8 Å². The van der Waals surface area contributed by atoms with E-state index in [0.29, 0.717) is 0 Å². The van der Waals surface area contributed by atoms with E-state index in [0.717, 1.165) is 25.7 Å². The van der Waals surface area contributed by atoms with Gasteiger partial charge in [0.1, 0.15) is 0 Å². The van der Waals surface area contributed by atoms with Crippen molar-refractivity contribution in [2.24, 2.45) is 11.8 Å². The second-order valence-corrected chi connectivity index (χ2v) is 3.61. The highest BCUT2D eigenvalue weighted by Gasteiger charge is 2.26. The standard InChI is InChI=1S/C9H16F2O/c10-9(11)5-7-3-1-2-4-8(7)6-12/h7-9,12H,1-6H2. The first kappa shape index (κ1) is 9.90. The molecule has 0 aromatic carbocycles. The number of alkyl halides is 2. The van der Waals surface area contributed by atoms with Gasteiger partial charge in [-0.15, -0.1) is 0 Å². The minimum Gasteiger partial charge on any atom is -0.396 e. The molecule has 72 valence electrons. The Morgan fingerprint density at radius 3 is 2.25 bits per heavy atom. The van der Waals surface area contributed by atoms with Gasteiger partial charge in [0.15, 0.2) is 0 Å². The van der Waals surface area contributed by atoms with Gasteiger partial charge in [0.05, 0.1) is 0 Å². The van der Waals surface area contributed by atoms with Crippen molar-refractivity contribution in [3.8, 4) is 0 Å². The summed E-state index contributed by atoms with van der Waals surface area (Å²) in [6.45, 7) is 0.0807. The van der Waals surface area contributed by atoms with Crippen LogP contribution in [0.5, 0.6) is 0 Å². The molecule has 0 aliphatic heterocycles. The molecular formula is C9H16F2O. The SMILES string of the molecule is OCC1CCCCC1CC(F)F. The Labute approximate surface area is 71.8 Å². The van der Waals surface area contributed by atoms with E-state index in [1.54, 1.807) is 0 Å². The van der Waals surface area contributed by atoms with Crippen molar-refractivity contribution >= 4 is 0 Å². The van der Waals surface area contributed by atoms with E-state index in [1.807, 2.05) is 0 Å². The van der Waals surface area contributed by atoms with E-state index in [9.17, 15) is 8.78 Å². The van der Waals surface area contributed by atoms with Crippen molar-refractivity contribution in [1.29, 1.82) is 0 Å². The van der Waals surface area contributed by atoms with Crippen LogP contribution in [-0.2, 0) is 0 Å². The van der Waals surface area contributed by atoms with Crippen LogP contribution in [0.25, 0.3) is 0 Å². The van der Waals surface area contributed by atoms with Gasteiger partial charge < -0.3 is 5.11 Å². The summed E-state index contributed by atoms with van der Waals surface area (Å²) < 4.78 is 24.1. The van der Waals surface area contributed by atoms with E-state index < -0.39 is 6.43 Å². The zero-order chi connectivity index (χ0) is 8.97. The predicted molar refractivity (Wildman–Crippen MR) is 43.2 cm³/mol. The molecule has 1 rings (SSSR count). The monoisotopic (exact) mass is 178 g/mol. The molecule has 1 fully saturated rings. The van der Waals surface area contributed by atoms with Crippen molar-refractivity contribution in [3.63, 3.8) is 0 Å². The Hall–Kier alpha value is -0.180. The summed E-state index contributed by atoms with van der Waals surface area (Å²) in [5.74, 6) is 0.191. The summed E-state index contributed by atoms with van der Waals surface area (Å²) in [7, 11) is 0. The fraction of sp³-hybridized carbons (Fsp3) is 1.00. The topological polar surface area (TPSA) is 20.2 Å². The second kappa shape index (κ2) is 4.75.